The molecule has 4 aromatic carbocycles. The summed E-state index contributed by atoms with van der Waals surface area (Å²) in [5.41, 5.74) is 17.1. The lowest BCUT2D eigenvalue weighted by atomic mass is 10.1. The maximum atomic E-state index is 13.0. The largest absolute Gasteiger partial charge is 0.486 e. The van der Waals surface area contributed by atoms with Crippen molar-refractivity contribution in [2.24, 2.45) is 10.7 Å². The number of ether oxygens (including phenoxy) is 4. The predicted molar refractivity (Wildman–Crippen MR) is 308 cm³/mol. The number of nitrogens with zero attached hydrogens (tertiary/aromatic N) is 6. The molecule has 5 aromatic rings. The molecule has 4 aliphatic rings. The molecule has 5 heterocycles. The van der Waals surface area contributed by atoms with Crippen LogP contribution in [0.5, 0.6) is 23.0 Å². The minimum atomic E-state index is -0.198. The van der Waals surface area contributed by atoms with E-state index < -0.39 is 0 Å². The number of halogens is 1. The quantitative estimate of drug-likeness (QED) is 0.0181. The van der Waals surface area contributed by atoms with Gasteiger partial charge in [0.1, 0.15) is 37.1 Å². The van der Waals surface area contributed by atoms with Crippen molar-refractivity contribution >= 4 is 117 Å². The Balaban J connectivity index is 0.000000194. The number of carbonyl (C=O) groups is 2. The summed E-state index contributed by atoms with van der Waals surface area (Å²) in [5, 5.41) is 26.2. The first kappa shape index (κ1) is 57.0. The topological polar surface area (TPSA) is 226 Å². The molecule has 0 aliphatic carbocycles. The van der Waals surface area contributed by atoms with Gasteiger partial charge < -0.3 is 61.1 Å². The van der Waals surface area contributed by atoms with Crippen LogP contribution in [-0.4, -0.2) is 163 Å². The molecule has 392 valence electrons. The SMILES string of the molecule is CCSC(N)=NC(=S)Nc1ccc(N2CCN(CCO)CC2)cc1.Nc1nc(Nc2ccc(N3CCN(CCO)CC3)cc2)sc1C(=O)c1ccc2c(c1)OCCO2.O=C(CBr)c1ccc2c(c1)OCCO2.P. The van der Waals surface area contributed by atoms with E-state index in [1.807, 2.05) is 31.2 Å². The van der Waals surface area contributed by atoms with E-state index in [1.54, 1.807) is 36.4 Å². The van der Waals surface area contributed by atoms with Gasteiger partial charge in [-0.1, -0.05) is 46.0 Å². The number of aliphatic imine (C=N–C) groups is 1. The Hall–Kier alpha value is -5.29. The van der Waals surface area contributed by atoms with Crippen LogP contribution in [0.15, 0.2) is 89.9 Å². The summed E-state index contributed by atoms with van der Waals surface area (Å²) in [5.74, 6) is 3.48. The number of rotatable bonds is 14. The third-order valence-electron chi connectivity index (χ3n) is 11.7. The Morgan fingerprint density at radius 1 is 0.740 bits per heavy atom. The molecule has 0 radical (unpaired) electrons. The number of fused-ring (bicyclic) bond motifs is 2. The highest BCUT2D eigenvalue weighted by molar-refractivity contribution is 9.09. The molecule has 23 heteroatoms. The Labute approximate surface area is 451 Å². The number of thiazole rings is 1. The number of anilines is 6. The molecule has 2 saturated heterocycles. The number of amidine groups is 1. The number of nitrogens with two attached hydrogens (primary N) is 2. The number of aliphatic hydroxyl groups excluding tert-OH is 2. The number of nitrogens with one attached hydrogen (secondary N) is 2. The highest BCUT2D eigenvalue weighted by Crippen LogP contribution is 2.35. The molecule has 1 atom stereocenters. The van der Waals surface area contributed by atoms with E-state index in [1.165, 1.54) is 28.8 Å². The molecule has 0 spiro atoms. The fraction of sp³-hybridized carbons (Fsp3) is 0.380. The number of aromatic nitrogens is 1. The Bertz CT molecular complexity index is 2620. The van der Waals surface area contributed by atoms with E-state index in [9.17, 15) is 9.59 Å². The van der Waals surface area contributed by atoms with Gasteiger partial charge in [-0.15, -0.1) is 0 Å². The lowest BCUT2D eigenvalue weighted by Gasteiger charge is -2.35. The number of carbonyl (C=O) groups excluding carboxylic acids is 2. The van der Waals surface area contributed by atoms with E-state index in [2.05, 4.69) is 80.4 Å². The summed E-state index contributed by atoms with van der Waals surface area (Å²) in [6.07, 6.45) is 0. The van der Waals surface area contributed by atoms with Gasteiger partial charge in [-0.25, -0.2) is 4.98 Å². The summed E-state index contributed by atoms with van der Waals surface area (Å²) >= 11 is 11.0. The molecule has 1 aromatic heterocycles. The number of nitrogen functional groups attached to an aromatic ring is 1. The van der Waals surface area contributed by atoms with E-state index in [-0.39, 0.29) is 40.5 Å². The van der Waals surface area contributed by atoms with Crippen molar-refractivity contribution in [2.45, 2.75) is 6.92 Å². The van der Waals surface area contributed by atoms with Crippen LogP contribution in [0, 0.1) is 0 Å². The second-order valence-electron chi connectivity index (χ2n) is 16.5. The lowest BCUT2D eigenvalue weighted by Crippen LogP contribution is -2.47. The number of β-amino-alcohol motifs (C(OH)–C–C–N with tert-alkyl or cyclic N) is 2. The number of ketones is 2. The predicted octanol–water partition coefficient (Wildman–Crippen LogP) is 6.24. The molecular formula is C50H64BrN10O8PS3. The lowest BCUT2D eigenvalue weighted by molar-refractivity contribution is 0.101. The van der Waals surface area contributed by atoms with Crippen LogP contribution in [0.3, 0.4) is 0 Å². The highest BCUT2D eigenvalue weighted by Gasteiger charge is 2.23. The van der Waals surface area contributed by atoms with Crippen molar-refractivity contribution < 1.29 is 38.7 Å². The van der Waals surface area contributed by atoms with Crippen molar-refractivity contribution in [3.63, 3.8) is 0 Å². The summed E-state index contributed by atoms with van der Waals surface area (Å²) < 4.78 is 21.8. The average molecular weight is 1140 g/mol. The van der Waals surface area contributed by atoms with E-state index in [0.717, 1.165) is 88.3 Å². The first-order chi connectivity index (χ1) is 35.0. The van der Waals surface area contributed by atoms with E-state index >= 15 is 0 Å². The molecule has 18 nitrogen and oxygen atoms in total. The van der Waals surface area contributed by atoms with Crippen LogP contribution < -0.4 is 50.8 Å². The number of hydrogen-bond acceptors (Lipinski definition) is 18. The number of hydrogen-bond donors (Lipinski definition) is 6. The third kappa shape index (κ3) is 16.6. The van der Waals surface area contributed by atoms with Crippen LogP contribution in [0.25, 0.3) is 0 Å². The van der Waals surface area contributed by atoms with Crippen LogP contribution in [0.1, 0.15) is 32.5 Å². The number of alkyl halides is 1. The fourth-order valence-corrected chi connectivity index (χ4v) is 9.88. The maximum absolute atomic E-state index is 13.0. The summed E-state index contributed by atoms with van der Waals surface area (Å²) in [6, 6.07) is 26.7. The number of thioether (sulfide) groups is 1. The van der Waals surface area contributed by atoms with Gasteiger partial charge in [0.05, 0.1) is 18.5 Å². The standard InChI is InChI=1S/C24H27N5O4S.C16H25N5OS2.C10H9BrO3.H3P/c25-23-22(21(31)16-1-6-19-20(15-16)33-14-13-32-19)34-24(27-23)26-17-2-4-18(5-3-17)29-9-7-28(8-10-29)11-12-30;1-2-24-15(17)19-16(23)18-13-3-5-14(6-4-13)21-9-7-20(8-10-21)11-12-22;11-6-8(12)7-1-2-9-10(5-7)14-4-3-13-9;/h1-6,15,30H,7-14,25H2,(H,26,27);3-6,22H,2,7-12H2,1H3,(H3,17,18,19,23);1-2,5H,3-4,6H2;1H3. The second-order valence-corrected chi connectivity index (χ2v) is 19.7. The van der Waals surface area contributed by atoms with Gasteiger partial charge in [-0.2, -0.15) is 14.9 Å². The van der Waals surface area contributed by atoms with Gasteiger partial charge >= 0.3 is 0 Å². The van der Waals surface area contributed by atoms with Gasteiger partial charge in [-0.05, 0) is 103 Å². The van der Waals surface area contributed by atoms with Crippen molar-refractivity contribution in [1.29, 1.82) is 0 Å². The molecule has 1 unspecified atom stereocenters. The zero-order chi connectivity index (χ0) is 50.8. The normalized spacial score (nSPS) is 15.4. The molecule has 0 saturated carbocycles. The van der Waals surface area contributed by atoms with Crippen molar-refractivity contribution in [2.75, 3.05) is 142 Å². The molecule has 9 rings (SSSR count). The van der Waals surface area contributed by atoms with E-state index in [4.69, 9.17) is 52.8 Å². The molecule has 8 N–H and O–H groups in total. The zero-order valence-electron chi connectivity index (χ0n) is 40.8. The second kappa shape index (κ2) is 29.0. The van der Waals surface area contributed by atoms with Crippen molar-refractivity contribution in [3.8, 4) is 23.0 Å². The third-order valence-corrected chi connectivity index (χ3v) is 14.1. The Kier molecular flexibility index (Phi) is 22.6. The van der Waals surface area contributed by atoms with Gasteiger partial charge in [-0.3, -0.25) is 19.4 Å². The van der Waals surface area contributed by atoms with E-state index in [0.29, 0.717) is 86.2 Å². The van der Waals surface area contributed by atoms with Gasteiger partial charge in [0.2, 0.25) is 5.78 Å². The Morgan fingerprint density at radius 3 is 1.71 bits per heavy atom. The maximum Gasteiger partial charge on any atom is 0.206 e. The molecular weight excluding hydrogens is 1080 g/mol. The zero-order valence-corrected chi connectivity index (χ0v) is 46.3. The van der Waals surface area contributed by atoms with Gasteiger partial charge in [0.25, 0.3) is 0 Å². The minimum absolute atomic E-state index is 0. The number of thiocarbonyl (C=S) groups is 1. The number of Topliss-reactive ketones (excluding diaryl/α,β-unsaturated/α-hetero) is 1. The van der Waals surface area contributed by atoms with Crippen LogP contribution in [-0.2, 0) is 0 Å². The first-order valence-corrected chi connectivity index (χ1v) is 27.0. The van der Waals surface area contributed by atoms with Crippen molar-refractivity contribution in [1.82, 2.24) is 14.8 Å². The van der Waals surface area contributed by atoms with Crippen LogP contribution in [0.2, 0.25) is 0 Å². The highest BCUT2D eigenvalue weighted by atomic mass is 79.9. The fourth-order valence-electron chi connectivity index (χ4n) is 7.97. The molecule has 73 heavy (non-hydrogen) atoms. The van der Waals surface area contributed by atoms with Crippen LogP contribution >= 0.6 is 61.1 Å². The van der Waals surface area contributed by atoms with Gasteiger partial charge in [0.15, 0.2) is 44.2 Å². The molecule has 0 bridgehead atoms. The summed E-state index contributed by atoms with van der Waals surface area (Å²) in [4.78, 5) is 42.5. The average Bonchev–Trinajstić information content (AvgIpc) is 3.78. The van der Waals surface area contributed by atoms with Gasteiger partial charge in [0, 0.05) is 99.3 Å². The van der Waals surface area contributed by atoms with Crippen LogP contribution in [0.4, 0.5) is 33.7 Å². The smallest absolute Gasteiger partial charge is 0.206 e. The summed E-state index contributed by atoms with van der Waals surface area (Å²) in [7, 11) is 0. The number of aliphatic hydroxyl groups is 2. The van der Waals surface area contributed by atoms with Crippen molar-refractivity contribution in [3.05, 3.63) is 101 Å². The first-order valence-electron chi connectivity index (χ1n) is 23.6. The molecule has 4 aliphatic heterocycles. The minimum Gasteiger partial charge on any atom is -0.486 e. The number of benzene rings is 4. The molecule has 2 fully saturated rings. The number of piperazine rings is 2. The monoisotopic (exact) mass is 1140 g/mol. The molecule has 0 amide bonds. The Morgan fingerprint density at radius 2 is 1.22 bits per heavy atom. The summed E-state index contributed by atoms with van der Waals surface area (Å²) in [6.45, 7) is 13.7.